The number of carbonyl (C=O) groups excluding carboxylic acids is 1. The van der Waals surface area contributed by atoms with Crippen LogP contribution in [0.3, 0.4) is 0 Å². The van der Waals surface area contributed by atoms with Crippen molar-refractivity contribution < 1.29 is 18.9 Å². The van der Waals surface area contributed by atoms with Crippen LogP contribution in [0, 0.1) is 24.0 Å². The maximum Gasteiger partial charge on any atom is 0.433 e. The van der Waals surface area contributed by atoms with Crippen molar-refractivity contribution in [1.82, 2.24) is 0 Å². The Morgan fingerprint density at radius 3 is 2.61 bits per heavy atom. The lowest BCUT2D eigenvalue weighted by Crippen LogP contribution is -1.98. The lowest BCUT2D eigenvalue weighted by atomic mass is 10.0. The molecular formula is C17H13NO5. The zero-order chi connectivity index (χ0) is 16.6. The number of esters is 1. The van der Waals surface area contributed by atoms with Crippen molar-refractivity contribution in [3.05, 3.63) is 74.5 Å². The second kappa shape index (κ2) is 5.57. The molecule has 0 amide bonds. The van der Waals surface area contributed by atoms with Crippen molar-refractivity contribution in [2.45, 2.75) is 13.8 Å². The molecule has 1 aliphatic rings. The maximum absolute atomic E-state index is 12.0. The number of nitro groups is 1. The zero-order valence-corrected chi connectivity index (χ0v) is 12.5. The summed E-state index contributed by atoms with van der Waals surface area (Å²) in [6, 6.07) is 8.50. The molecule has 0 aliphatic carbocycles. The highest BCUT2D eigenvalue weighted by molar-refractivity contribution is 6.05. The summed E-state index contributed by atoms with van der Waals surface area (Å²) >= 11 is 0. The lowest BCUT2D eigenvalue weighted by Gasteiger charge is -2.06. The predicted molar refractivity (Wildman–Crippen MR) is 83.3 cm³/mol. The first-order valence-electron chi connectivity index (χ1n) is 6.91. The van der Waals surface area contributed by atoms with Crippen LogP contribution >= 0.6 is 0 Å². The number of benzene rings is 1. The Morgan fingerprint density at radius 2 is 1.96 bits per heavy atom. The Labute approximate surface area is 131 Å². The van der Waals surface area contributed by atoms with Crippen molar-refractivity contribution >= 4 is 23.7 Å². The van der Waals surface area contributed by atoms with Gasteiger partial charge in [0.1, 0.15) is 16.4 Å². The van der Waals surface area contributed by atoms with Crippen LogP contribution in [-0.4, -0.2) is 10.9 Å². The zero-order valence-electron chi connectivity index (χ0n) is 12.5. The first-order chi connectivity index (χ1) is 10.9. The fraction of sp³-hybridized carbons (Fsp3) is 0.118. The van der Waals surface area contributed by atoms with Crippen LogP contribution < -0.4 is 0 Å². The first kappa shape index (κ1) is 14.8. The molecule has 1 aromatic carbocycles. The van der Waals surface area contributed by atoms with Crippen molar-refractivity contribution in [3.63, 3.8) is 0 Å². The minimum atomic E-state index is -0.633. The normalized spacial score (nSPS) is 15.7. The monoisotopic (exact) mass is 311 g/mol. The highest BCUT2D eigenvalue weighted by atomic mass is 16.6. The Balaban J connectivity index is 1.94. The van der Waals surface area contributed by atoms with Crippen LogP contribution in [0.1, 0.15) is 22.5 Å². The largest absolute Gasteiger partial charge is 0.433 e. The molecule has 23 heavy (non-hydrogen) atoms. The van der Waals surface area contributed by atoms with Gasteiger partial charge in [0.05, 0.1) is 11.6 Å². The first-order valence-corrected chi connectivity index (χ1v) is 6.91. The number of hydrogen-bond acceptors (Lipinski definition) is 5. The smallest absolute Gasteiger partial charge is 0.422 e. The fourth-order valence-electron chi connectivity index (χ4n) is 2.38. The molecule has 0 radical (unpaired) electrons. The minimum absolute atomic E-state index is 0.224. The summed E-state index contributed by atoms with van der Waals surface area (Å²) in [6.07, 6.45) is 3.03. The summed E-state index contributed by atoms with van der Waals surface area (Å²) in [6.45, 7) is 3.93. The number of furan rings is 1. The highest BCUT2D eigenvalue weighted by Crippen LogP contribution is 2.30. The standard InChI is InChI=1S/C17H13NO5/c1-10-3-5-14(11(2)7-10)15-9-12(17(19)23-15)8-13-4-6-16(22-13)18(20)21/h3-9H,1-2H3/b12-8-. The van der Waals surface area contributed by atoms with Gasteiger partial charge in [-0.25, -0.2) is 4.79 Å². The molecule has 1 aromatic heterocycles. The van der Waals surface area contributed by atoms with E-state index in [1.165, 1.54) is 18.2 Å². The van der Waals surface area contributed by atoms with Crippen molar-refractivity contribution in [2.75, 3.05) is 0 Å². The van der Waals surface area contributed by atoms with E-state index < -0.39 is 10.9 Å². The van der Waals surface area contributed by atoms with E-state index in [0.717, 1.165) is 16.7 Å². The maximum atomic E-state index is 12.0. The highest BCUT2D eigenvalue weighted by Gasteiger charge is 2.24. The van der Waals surface area contributed by atoms with Crippen molar-refractivity contribution in [2.24, 2.45) is 0 Å². The van der Waals surface area contributed by atoms with Gasteiger partial charge in [-0.05, 0) is 37.6 Å². The number of ether oxygens (including phenoxy) is 1. The lowest BCUT2D eigenvalue weighted by molar-refractivity contribution is -0.402. The Morgan fingerprint density at radius 1 is 1.17 bits per heavy atom. The van der Waals surface area contributed by atoms with Gasteiger partial charge in [-0.2, -0.15) is 0 Å². The third-order valence-electron chi connectivity index (χ3n) is 3.46. The Bertz CT molecular complexity index is 873. The van der Waals surface area contributed by atoms with Gasteiger partial charge in [-0.3, -0.25) is 10.1 Å². The average molecular weight is 311 g/mol. The number of hydrogen-bond donors (Lipinski definition) is 0. The van der Waals surface area contributed by atoms with Gasteiger partial charge in [0.25, 0.3) is 0 Å². The Hall–Kier alpha value is -3.15. The fourth-order valence-corrected chi connectivity index (χ4v) is 2.38. The molecule has 0 bridgehead atoms. The SMILES string of the molecule is Cc1ccc(C2=C/C(=C/c3ccc([N+](=O)[O-])o3)C(=O)O2)c(C)c1. The molecule has 0 unspecified atom stereocenters. The second-order valence-corrected chi connectivity index (χ2v) is 5.25. The van der Waals surface area contributed by atoms with Crippen molar-refractivity contribution in [3.8, 4) is 0 Å². The van der Waals surface area contributed by atoms with E-state index in [0.29, 0.717) is 5.76 Å². The second-order valence-electron chi connectivity index (χ2n) is 5.25. The molecule has 3 rings (SSSR count). The van der Waals surface area contributed by atoms with Gasteiger partial charge < -0.3 is 9.15 Å². The third kappa shape index (κ3) is 2.91. The van der Waals surface area contributed by atoms with E-state index in [-0.39, 0.29) is 17.2 Å². The molecule has 6 heteroatoms. The van der Waals surface area contributed by atoms with E-state index in [1.807, 2.05) is 32.0 Å². The van der Waals surface area contributed by atoms with Crippen molar-refractivity contribution in [1.29, 1.82) is 0 Å². The summed E-state index contributed by atoms with van der Waals surface area (Å²) in [4.78, 5) is 21.9. The van der Waals surface area contributed by atoms with Gasteiger partial charge in [0.2, 0.25) is 0 Å². The molecule has 116 valence electrons. The van der Waals surface area contributed by atoms with Crippen LogP contribution in [0.25, 0.3) is 11.8 Å². The molecule has 0 fully saturated rings. The topological polar surface area (TPSA) is 82.6 Å². The number of nitrogens with zero attached hydrogens (tertiary/aromatic N) is 1. The average Bonchev–Trinajstić information content (AvgIpc) is 3.07. The van der Waals surface area contributed by atoms with Gasteiger partial charge in [-0.1, -0.05) is 23.8 Å². The van der Waals surface area contributed by atoms with Crippen LogP contribution in [-0.2, 0) is 9.53 Å². The molecule has 0 atom stereocenters. The van der Waals surface area contributed by atoms with Crippen LogP contribution in [0.2, 0.25) is 0 Å². The molecule has 6 nitrogen and oxygen atoms in total. The minimum Gasteiger partial charge on any atom is -0.422 e. The summed E-state index contributed by atoms with van der Waals surface area (Å²) in [5.74, 6) is -0.206. The van der Waals surface area contributed by atoms with E-state index in [1.54, 1.807) is 6.08 Å². The van der Waals surface area contributed by atoms with Crippen LogP contribution in [0.15, 0.2) is 46.4 Å². The van der Waals surface area contributed by atoms with Crippen LogP contribution in [0.4, 0.5) is 5.88 Å². The quantitative estimate of drug-likeness (QED) is 0.373. The van der Waals surface area contributed by atoms with Gasteiger partial charge in [0.15, 0.2) is 0 Å². The molecule has 1 aliphatic heterocycles. The van der Waals surface area contributed by atoms with E-state index in [2.05, 4.69) is 0 Å². The predicted octanol–water partition coefficient (Wildman–Crippen LogP) is 3.79. The Kier molecular flexibility index (Phi) is 3.57. The van der Waals surface area contributed by atoms with E-state index in [4.69, 9.17) is 9.15 Å². The molecule has 2 heterocycles. The molecule has 0 spiro atoms. The van der Waals surface area contributed by atoms with Crippen LogP contribution in [0.5, 0.6) is 0 Å². The molecule has 2 aromatic rings. The number of rotatable bonds is 3. The number of aryl methyl sites for hydroxylation is 2. The van der Waals surface area contributed by atoms with Gasteiger partial charge in [-0.15, -0.1) is 0 Å². The summed E-state index contributed by atoms with van der Waals surface area (Å²) in [7, 11) is 0. The van der Waals surface area contributed by atoms with E-state index in [9.17, 15) is 14.9 Å². The number of carbonyl (C=O) groups is 1. The van der Waals surface area contributed by atoms with E-state index >= 15 is 0 Å². The third-order valence-corrected chi connectivity index (χ3v) is 3.46. The number of cyclic esters (lactones) is 1. The molecular weight excluding hydrogens is 298 g/mol. The van der Waals surface area contributed by atoms with Gasteiger partial charge in [0, 0.05) is 5.56 Å². The molecule has 0 N–H and O–H groups in total. The summed E-state index contributed by atoms with van der Waals surface area (Å²) in [5, 5.41) is 10.6. The molecule has 0 saturated heterocycles. The molecule has 0 saturated carbocycles. The van der Waals surface area contributed by atoms with Gasteiger partial charge >= 0.3 is 11.9 Å². The summed E-state index contributed by atoms with van der Waals surface area (Å²) < 4.78 is 10.3. The summed E-state index contributed by atoms with van der Waals surface area (Å²) in [5.41, 5.74) is 3.23.